The van der Waals surface area contributed by atoms with Gasteiger partial charge in [-0.1, -0.05) is 6.42 Å². The molecular weight excluding hydrogens is 290 g/mol. The fourth-order valence-electron chi connectivity index (χ4n) is 3.12. The number of methoxy groups -OCH3 is 1. The summed E-state index contributed by atoms with van der Waals surface area (Å²) in [6.45, 7) is 6.24. The minimum absolute atomic E-state index is 0.697. The largest absolute Gasteiger partial charge is 0.493 e. The van der Waals surface area contributed by atoms with Gasteiger partial charge in [-0.3, -0.25) is 0 Å². The summed E-state index contributed by atoms with van der Waals surface area (Å²) in [5.74, 6) is 1.50. The molecule has 1 aliphatic heterocycles. The molecule has 0 amide bonds. The van der Waals surface area contributed by atoms with Gasteiger partial charge in [0.1, 0.15) is 6.33 Å². The average molecular weight is 315 g/mol. The van der Waals surface area contributed by atoms with Crippen LogP contribution in [0.4, 0.5) is 0 Å². The summed E-state index contributed by atoms with van der Waals surface area (Å²) in [6, 6.07) is 3.91. The monoisotopic (exact) mass is 315 g/mol. The lowest BCUT2D eigenvalue weighted by Gasteiger charge is -2.26. The molecule has 0 aliphatic carbocycles. The third-order valence-electron chi connectivity index (χ3n) is 4.44. The number of likely N-dealkylation sites (tertiary alicyclic amines) is 1. The number of ether oxygens (including phenoxy) is 2. The maximum Gasteiger partial charge on any atom is 0.163 e. The molecule has 5 nitrogen and oxygen atoms in total. The number of aromatic nitrogens is 2. The molecule has 1 saturated heterocycles. The number of nitrogens with zero attached hydrogens (tertiary/aromatic N) is 3. The van der Waals surface area contributed by atoms with Crippen molar-refractivity contribution in [1.82, 2.24) is 14.9 Å². The van der Waals surface area contributed by atoms with Crippen molar-refractivity contribution in [2.75, 3.05) is 33.4 Å². The van der Waals surface area contributed by atoms with E-state index < -0.39 is 0 Å². The van der Waals surface area contributed by atoms with Gasteiger partial charge in [0.2, 0.25) is 0 Å². The normalized spacial score (nSPS) is 15.7. The van der Waals surface area contributed by atoms with Gasteiger partial charge in [0.15, 0.2) is 11.5 Å². The number of hydrogen-bond acceptors (Lipinski definition) is 5. The Morgan fingerprint density at radius 3 is 2.70 bits per heavy atom. The quantitative estimate of drug-likeness (QED) is 0.766. The van der Waals surface area contributed by atoms with Gasteiger partial charge in [-0.25, -0.2) is 9.97 Å². The van der Waals surface area contributed by atoms with Crippen molar-refractivity contribution in [2.24, 2.45) is 0 Å². The van der Waals surface area contributed by atoms with Crippen LogP contribution < -0.4 is 9.47 Å². The Bertz CT molecular complexity index is 654. The van der Waals surface area contributed by atoms with Gasteiger partial charge >= 0.3 is 0 Å². The fourth-order valence-corrected chi connectivity index (χ4v) is 3.12. The maximum atomic E-state index is 5.95. The Labute approximate surface area is 137 Å². The van der Waals surface area contributed by atoms with E-state index in [4.69, 9.17) is 9.47 Å². The number of fused-ring (bicyclic) bond motifs is 1. The Kier molecular flexibility index (Phi) is 5.28. The first-order chi connectivity index (χ1) is 11.3. The summed E-state index contributed by atoms with van der Waals surface area (Å²) >= 11 is 0. The highest BCUT2D eigenvalue weighted by molar-refractivity contribution is 5.84. The van der Waals surface area contributed by atoms with E-state index in [0.29, 0.717) is 6.61 Å². The summed E-state index contributed by atoms with van der Waals surface area (Å²) in [4.78, 5) is 11.1. The molecule has 1 aromatic carbocycles. The number of piperidine rings is 1. The lowest BCUT2D eigenvalue weighted by molar-refractivity contribution is 0.203. The van der Waals surface area contributed by atoms with Crippen LogP contribution in [-0.4, -0.2) is 48.2 Å². The van der Waals surface area contributed by atoms with Gasteiger partial charge in [0, 0.05) is 23.7 Å². The maximum absolute atomic E-state index is 5.95. The Morgan fingerprint density at radius 1 is 1.09 bits per heavy atom. The zero-order valence-electron chi connectivity index (χ0n) is 14.0. The first-order valence-corrected chi connectivity index (χ1v) is 8.42. The van der Waals surface area contributed by atoms with Gasteiger partial charge in [-0.2, -0.15) is 0 Å². The Balaban J connectivity index is 1.62. The lowest BCUT2D eigenvalue weighted by atomic mass is 10.1. The molecule has 1 aromatic heterocycles. The summed E-state index contributed by atoms with van der Waals surface area (Å²) in [6.07, 6.45) is 6.66. The van der Waals surface area contributed by atoms with Gasteiger partial charge < -0.3 is 14.4 Å². The van der Waals surface area contributed by atoms with E-state index >= 15 is 0 Å². The van der Waals surface area contributed by atoms with Crippen LogP contribution in [0.3, 0.4) is 0 Å². The van der Waals surface area contributed by atoms with Crippen LogP contribution in [0.5, 0.6) is 11.5 Å². The standard InChI is InChI=1S/C18H25N3O2/c1-14-15-11-17(22-2)18(12-16(15)20-13-19-14)23-10-6-9-21-7-4-3-5-8-21/h11-13H,3-10H2,1-2H3. The predicted octanol–water partition coefficient (Wildman–Crippen LogP) is 3.20. The molecule has 23 heavy (non-hydrogen) atoms. The van der Waals surface area contributed by atoms with Crippen LogP contribution in [0.25, 0.3) is 10.9 Å². The number of benzene rings is 1. The Hall–Kier alpha value is -1.88. The molecule has 0 radical (unpaired) electrons. The van der Waals surface area contributed by atoms with E-state index in [9.17, 15) is 0 Å². The minimum Gasteiger partial charge on any atom is -0.493 e. The van der Waals surface area contributed by atoms with Gasteiger partial charge in [0.25, 0.3) is 0 Å². The van der Waals surface area contributed by atoms with E-state index in [1.165, 1.54) is 32.4 Å². The zero-order chi connectivity index (χ0) is 16.1. The molecule has 0 N–H and O–H groups in total. The van der Waals surface area contributed by atoms with Gasteiger partial charge in [-0.05, 0) is 45.3 Å². The number of hydrogen-bond donors (Lipinski definition) is 0. The second kappa shape index (κ2) is 7.59. The Morgan fingerprint density at radius 2 is 1.91 bits per heavy atom. The second-order valence-electron chi connectivity index (χ2n) is 6.08. The van der Waals surface area contributed by atoms with Crippen molar-refractivity contribution in [3.63, 3.8) is 0 Å². The fraction of sp³-hybridized carbons (Fsp3) is 0.556. The van der Waals surface area contributed by atoms with Crippen LogP contribution in [0.2, 0.25) is 0 Å². The molecule has 2 heterocycles. The third-order valence-corrected chi connectivity index (χ3v) is 4.44. The van der Waals surface area contributed by atoms with Crippen molar-refractivity contribution >= 4 is 10.9 Å². The topological polar surface area (TPSA) is 47.5 Å². The summed E-state index contributed by atoms with van der Waals surface area (Å²) < 4.78 is 11.4. The van der Waals surface area contributed by atoms with Crippen molar-refractivity contribution in [1.29, 1.82) is 0 Å². The molecule has 0 spiro atoms. The molecular formula is C18H25N3O2. The van der Waals surface area contributed by atoms with Crippen LogP contribution >= 0.6 is 0 Å². The van der Waals surface area contributed by atoms with Crippen LogP contribution in [0.15, 0.2) is 18.5 Å². The molecule has 124 valence electrons. The molecule has 3 rings (SSSR count). The lowest BCUT2D eigenvalue weighted by Crippen LogP contribution is -2.31. The molecule has 5 heteroatoms. The molecule has 1 fully saturated rings. The first kappa shape index (κ1) is 16.0. The van der Waals surface area contributed by atoms with Crippen LogP contribution in [0.1, 0.15) is 31.4 Å². The third kappa shape index (κ3) is 3.91. The van der Waals surface area contributed by atoms with E-state index in [1.54, 1.807) is 13.4 Å². The van der Waals surface area contributed by atoms with E-state index in [-0.39, 0.29) is 0 Å². The molecule has 0 bridgehead atoms. The van der Waals surface area contributed by atoms with E-state index in [2.05, 4.69) is 14.9 Å². The average Bonchev–Trinajstić information content (AvgIpc) is 2.59. The van der Waals surface area contributed by atoms with Crippen LogP contribution in [0, 0.1) is 6.92 Å². The zero-order valence-corrected chi connectivity index (χ0v) is 14.0. The molecule has 2 aromatic rings. The summed E-state index contributed by atoms with van der Waals surface area (Å²) in [5.41, 5.74) is 1.84. The van der Waals surface area contributed by atoms with Gasteiger partial charge in [0.05, 0.1) is 19.2 Å². The molecule has 0 saturated carbocycles. The second-order valence-corrected chi connectivity index (χ2v) is 6.08. The first-order valence-electron chi connectivity index (χ1n) is 8.42. The van der Waals surface area contributed by atoms with E-state index in [0.717, 1.165) is 41.1 Å². The highest BCUT2D eigenvalue weighted by Crippen LogP contribution is 2.32. The number of aryl methyl sites for hydroxylation is 1. The summed E-state index contributed by atoms with van der Waals surface area (Å²) in [7, 11) is 1.67. The SMILES string of the molecule is COc1cc2c(C)ncnc2cc1OCCCN1CCCCC1. The van der Waals surface area contributed by atoms with Gasteiger partial charge in [-0.15, -0.1) is 0 Å². The summed E-state index contributed by atoms with van der Waals surface area (Å²) in [5, 5.41) is 1.00. The van der Waals surface area contributed by atoms with E-state index in [1.807, 2.05) is 19.1 Å². The molecule has 0 unspecified atom stereocenters. The molecule has 1 aliphatic rings. The predicted molar refractivity (Wildman–Crippen MR) is 91.2 cm³/mol. The highest BCUT2D eigenvalue weighted by atomic mass is 16.5. The minimum atomic E-state index is 0.697. The smallest absolute Gasteiger partial charge is 0.163 e. The van der Waals surface area contributed by atoms with Crippen LogP contribution in [-0.2, 0) is 0 Å². The van der Waals surface area contributed by atoms with Crippen molar-refractivity contribution in [3.8, 4) is 11.5 Å². The van der Waals surface area contributed by atoms with Crippen molar-refractivity contribution < 1.29 is 9.47 Å². The van der Waals surface area contributed by atoms with Crippen molar-refractivity contribution in [2.45, 2.75) is 32.6 Å². The molecule has 0 atom stereocenters. The number of rotatable bonds is 6. The highest BCUT2D eigenvalue weighted by Gasteiger charge is 2.11. The van der Waals surface area contributed by atoms with Crippen molar-refractivity contribution in [3.05, 3.63) is 24.2 Å².